The van der Waals surface area contributed by atoms with Gasteiger partial charge in [0.2, 0.25) is 0 Å². The molecular weight excluding hydrogens is 174 g/mol. The van der Waals surface area contributed by atoms with Crippen LogP contribution in [-0.2, 0) is 6.42 Å². The van der Waals surface area contributed by atoms with E-state index < -0.39 is 0 Å². The lowest BCUT2D eigenvalue weighted by Gasteiger charge is -2.09. The third-order valence-corrected chi connectivity index (χ3v) is 2.65. The van der Waals surface area contributed by atoms with Crippen molar-refractivity contribution in [1.82, 2.24) is 10.3 Å². The summed E-state index contributed by atoms with van der Waals surface area (Å²) in [6.07, 6.45) is 5.16. The molecule has 0 atom stereocenters. The molecular formula is C11H17N3. The fourth-order valence-electron chi connectivity index (χ4n) is 1.44. The van der Waals surface area contributed by atoms with Gasteiger partial charge < -0.3 is 11.1 Å². The molecule has 1 saturated carbocycles. The SMILES string of the molecule is NC1(CNCCc2ccccn2)CC1. The molecule has 0 amide bonds. The molecule has 14 heavy (non-hydrogen) atoms. The first-order chi connectivity index (χ1) is 6.79. The summed E-state index contributed by atoms with van der Waals surface area (Å²) in [4.78, 5) is 4.26. The molecule has 76 valence electrons. The second kappa shape index (κ2) is 4.07. The number of hydrogen-bond acceptors (Lipinski definition) is 3. The number of rotatable bonds is 5. The Morgan fingerprint density at radius 1 is 1.43 bits per heavy atom. The van der Waals surface area contributed by atoms with Gasteiger partial charge in [-0.3, -0.25) is 4.98 Å². The molecule has 3 N–H and O–H groups in total. The van der Waals surface area contributed by atoms with E-state index in [9.17, 15) is 0 Å². The summed E-state index contributed by atoms with van der Waals surface area (Å²) < 4.78 is 0. The molecule has 0 radical (unpaired) electrons. The summed E-state index contributed by atoms with van der Waals surface area (Å²) in [6, 6.07) is 6.01. The lowest BCUT2D eigenvalue weighted by atomic mass is 10.2. The Hall–Kier alpha value is -0.930. The van der Waals surface area contributed by atoms with Crippen LogP contribution >= 0.6 is 0 Å². The van der Waals surface area contributed by atoms with Crippen LogP contribution in [0.4, 0.5) is 0 Å². The van der Waals surface area contributed by atoms with E-state index >= 15 is 0 Å². The first-order valence-electron chi connectivity index (χ1n) is 5.18. The van der Waals surface area contributed by atoms with E-state index in [4.69, 9.17) is 5.73 Å². The van der Waals surface area contributed by atoms with Gasteiger partial charge in [0.25, 0.3) is 0 Å². The molecule has 0 spiro atoms. The molecule has 0 unspecified atom stereocenters. The molecule has 0 bridgehead atoms. The summed E-state index contributed by atoms with van der Waals surface area (Å²) in [7, 11) is 0. The van der Waals surface area contributed by atoms with Crippen molar-refractivity contribution in [3.05, 3.63) is 30.1 Å². The van der Waals surface area contributed by atoms with Gasteiger partial charge in [-0.1, -0.05) is 6.07 Å². The van der Waals surface area contributed by atoms with E-state index in [0.717, 1.165) is 25.2 Å². The fraction of sp³-hybridized carbons (Fsp3) is 0.545. The highest BCUT2D eigenvalue weighted by atomic mass is 15.0. The highest BCUT2D eigenvalue weighted by Gasteiger charge is 2.37. The summed E-state index contributed by atoms with van der Waals surface area (Å²) in [5, 5.41) is 3.37. The van der Waals surface area contributed by atoms with Crippen molar-refractivity contribution < 1.29 is 0 Å². The van der Waals surface area contributed by atoms with Crippen LogP contribution in [0.1, 0.15) is 18.5 Å². The molecule has 1 aliphatic rings. The Bertz CT molecular complexity index is 280. The van der Waals surface area contributed by atoms with Gasteiger partial charge in [0.05, 0.1) is 0 Å². The summed E-state index contributed by atoms with van der Waals surface area (Å²) in [5.74, 6) is 0. The van der Waals surface area contributed by atoms with Crippen LogP contribution in [0.5, 0.6) is 0 Å². The highest BCUT2D eigenvalue weighted by molar-refractivity contribution is 5.04. The van der Waals surface area contributed by atoms with Crippen molar-refractivity contribution in [2.45, 2.75) is 24.8 Å². The van der Waals surface area contributed by atoms with Crippen LogP contribution in [-0.4, -0.2) is 23.6 Å². The van der Waals surface area contributed by atoms with E-state index in [2.05, 4.69) is 16.4 Å². The summed E-state index contributed by atoms with van der Waals surface area (Å²) >= 11 is 0. The van der Waals surface area contributed by atoms with E-state index in [1.165, 1.54) is 12.8 Å². The first kappa shape index (κ1) is 9.62. The number of nitrogens with zero attached hydrogens (tertiary/aromatic N) is 1. The largest absolute Gasteiger partial charge is 0.324 e. The predicted molar refractivity (Wildman–Crippen MR) is 57.0 cm³/mol. The average Bonchev–Trinajstić information content (AvgIpc) is 2.94. The Balaban J connectivity index is 1.63. The van der Waals surface area contributed by atoms with Gasteiger partial charge in [-0.05, 0) is 25.0 Å². The second-order valence-electron chi connectivity index (χ2n) is 4.11. The van der Waals surface area contributed by atoms with Crippen molar-refractivity contribution in [1.29, 1.82) is 0 Å². The summed E-state index contributed by atoms with van der Waals surface area (Å²) in [5.41, 5.74) is 7.20. The predicted octanol–water partition coefficient (Wildman–Crippen LogP) is 0.705. The zero-order valence-corrected chi connectivity index (χ0v) is 8.37. The van der Waals surface area contributed by atoms with Gasteiger partial charge in [-0.25, -0.2) is 0 Å². The minimum atomic E-state index is 0.115. The zero-order chi connectivity index (χ0) is 9.86. The molecule has 1 aromatic rings. The molecule has 1 fully saturated rings. The van der Waals surface area contributed by atoms with Gasteiger partial charge in [0.15, 0.2) is 0 Å². The molecule has 2 rings (SSSR count). The zero-order valence-electron chi connectivity index (χ0n) is 8.37. The van der Waals surface area contributed by atoms with Crippen molar-refractivity contribution in [2.75, 3.05) is 13.1 Å². The third-order valence-electron chi connectivity index (χ3n) is 2.65. The second-order valence-corrected chi connectivity index (χ2v) is 4.11. The monoisotopic (exact) mass is 191 g/mol. The maximum absolute atomic E-state index is 5.95. The number of nitrogens with two attached hydrogens (primary N) is 1. The molecule has 0 aliphatic heterocycles. The minimum Gasteiger partial charge on any atom is -0.324 e. The molecule has 3 heteroatoms. The minimum absolute atomic E-state index is 0.115. The van der Waals surface area contributed by atoms with Crippen molar-refractivity contribution in [2.24, 2.45) is 5.73 Å². The Morgan fingerprint density at radius 3 is 2.93 bits per heavy atom. The molecule has 1 heterocycles. The van der Waals surface area contributed by atoms with Crippen molar-refractivity contribution in [3.63, 3.8) is 0 Å². The lowest BCUT2D eigenvalue weighted by Crippen LogP contribution is -2.36. The normalized spacial score (nSPS) is 18.1. The van der Waals surface area contributed by atoms with E-state index in [1.807, 2.05) is 18.3 Å². The van der Waals surface area contributed by atoms with Crippen LogP contribution in [0.3, 0.4) is 0 Å². The van der Waals surface area contributed by atoms with Gasteiger partial charge in [-0.15, -0.1) is 0 Å². The summed E-state index contributed by atoms with van der Waals surface area (Å²) in [6.45, 7) is 1.91. The molecule has 1 aromatic heterocycles. The lowest BCUT2D eigenvalue weighted by molar-refractivity contribution is 0.569. The Kier molecular flexibility index (Phi) is 2.79. The molecule has 1 aliphatic carbocycles. The first-order valence-corrected chi connectivity index (χ1v) is 5.18. The number of aromatic nitrogens is 1. The maximum Gasteiger partial charge on any atom is 0.0416 e. The van der Waals surface area contributed by atoms with Gasteiger partial charge >= 0.3 is 0 Å². The Morgan fingerprint density at radius 2 is 2.29 bits per heavy atom. The maximum atomic E-state index is 5.95. The van der Waals surface area contributed by atoms with Gasteiger partial charge in [0, 0.05) is 36.9 Å². The smallest absolute Gasteiger partial charge is 0.0416 e. The Labute approximate surface area is 84.7 Å². The molecule has 3 nitrogen and oxygen atoms in total. The van der Waals surface area contributed by atoms with E-state index in [0.29, 0.717) is 0 Å². The topological polar surface area (TPSA) is 50.9 Å². The molecule has 0 aromatic carbocycles. The van der Waals surface area contributed by atoms with Crippen molar-refractivity contribution in [3.8, 4) is 0 Å². The van der Waals surface area contributed by atoms with Gasteiger partial charge in [-0.2, -0.15) is 0 Å². The number of nitrogens with one attached hydrogen (secondary N) is 1. The van der Waals surface area contributed by atoms with Crippen LogP contribution in [0.2, 0.25) is 0 Å². The fourth-order valence-corrected chi connectivity index (χ4v) is 1.44. The van der Waals surface area contributed by atoms with E-state index in [1.54, 1.807) is 0 Å². The van der Waals surface area contributed by atoms with Gasteiger partial charge in [0.1, 0.15) is 0 Å². The standard InChI is InChI=1S/C11H17N3/c12-11(5-6-11)9-13-8-4-10-3-1-2-7-14-10/h1-3,7,13H,4-6,8-9,12H2. The third kappa shape index (κ3) is 2.79. The average molecular weight is 191 g/mol. The van der Waals surface area contributed by atoms with Crippen molar-refractivity contribution >= 4 is 0 Å². The molecule has 0 saturated heterocycles. The van der Waals surface area contributed by atoms with Crippen LogP contribution in [0.15, 0.2) is 24.4 Å². The van der Waals surface area contributed by atoms with E-state index in [-0.39, 0.29) is 5.54 Å². The number of hydrogen-bond donors (Lipinski definition) is 2. The van der Waals surface area contributed by atoms with Crippen LogP contribution in [0, 0.1) is 0 Å². The van der Waals surface area contributed by atoms with Crippen LogP contribution in [0.25, 0.3) is 0 Å². The quantitative estimate of drug-likeness (QED) is 0.674. The van der Waals surface area contributed by atoms with Crippen LogP contribution < -0.4 is 11.1 Å². The highest BCUT2D eigenvalue weighted by Crippen LogP contribution is 2.30. The number of pyridine rings is 1.